The zero-order valence-electron chi connectivity index (χ0n) is 11.2. The van der Waals surface area contributed by atoms with Crippen molar-refractivity contribution in [2.45, 2.75) is 20.3 Å². The summed E-state index contributed by atoms with van der Waals surface area (Å²) in [6.07, 6.45) is 1.21. The van der Waals surface area contributed by atoms with E-state index in [1.807, 2.05) is 0 Å². The van der Waals surface area contributed by atoms with Gasteiger partial charge in [-0.3, -0.25) is 0 Å². The van der Waals surface area contributed by atoms with E-state index in [0.717, 1.165) is 25.3 Å². The number of anilines is 2. The van der Waals surface area contributed by atoms with Crippen LogP contribution in [-0.2, 0) is 0 Å². The molecule has 0 spiro atoms. The molecule has 0 radical (unpaired) electrons. The van der Waals surface area contributed by atoms with Crippen LogP contribution < -0.4 is 10.6 Å². The van der Waals surface area contributed by atoms with Crippen molar-refractivity contribution >= 4 is 11.4 Å². The maximum absolute atomic E-state index is 6.15. The lowest BCUT2D eigenvalue weighted by molar-refractivity contribution is 0.360. The van der Waals surface area contributed by atoms with E-state index in [2.05, 4.69) is 42.8 Å². The number of hydrogen-bond acceptors (Lipinski definition) is 3. The first kappa shape index (κ1) is 12.2. The minimum Gasteiger partial charge on any atom is -0.397 e. The molecule has 3 heteroatoms. The molecule has 1 saturated heterocycles. The van der Waals surface area contributed by atoms with Gasteiger partial charge < -0.3 is 15.5 Å². The average Bonchev–Trinajstić information content (AvgIpc) is 2.49. The molecule has 1 fully saturated rings. The number of hydrogen-bond donors (Lipinski definition) is 1. The monoisotopic (exact) mass is 233 g/mol. The standard InChI is InChI=1S/C14H23N3/c1-11-9-13(15)14(10-12(11)2)17-6-4-5-16(3)7-8-17/h9-10H,4-8,15H2,1-3H3. The minimum absolute atomic E-state index is 0.914. The highest BCUT2D eigenvalue weighted by Gasteiger charge is 2.15. The van der Waals surface area contributed by atoms with Gasteiger partial charge in [-0.1, -0.05) is 0 Å². The van der Waals surface area contributed by atoms with Crippen molar-refractivity contribution in [3.8, 4) is 0 Å². The molecule has 0 aromatic heterocycles. The van der Waals surface area contributed by atoms with E-state index in [1.165, 1.54) is 29.8 Å². The second kappa shape index (κ2) is 4.96. The van der Waals surface area contributed by atoms with Crippen LogP contribution in [0.3, 0.4) is 0 Å². The fourth-order valence-electron chi connectivity index (χ4n) is 2.38. The Morgan fingerprint density at radius 2 is 1.71 bits per heavy atom. The Kier molecular flexibility index (Phi) is 3.57. The van der Waals surface area contributed by atoms with Crippen LogP contribution in [0.4, 0.5) is 11.4 Å². The van der Waals surface area contributed by atoms with Gasteiger partial charge in [0.25, 0.3) is 0 Å². The summed E-state index contributed by atoms with van der Waals surface area (Å²) in [4.78, 5) is 4.81. The van der Waals surface area contributed by atoms with Gasteiger partial charge in [0, 0.05) is 19.6 Å². The first-order valence-corrected chi connectivity index (χ1v) is 6.38. The summed E-state index contributed by atoms with van der Waals surface area (Å²) in [5.41, 5.74) is 10.9. The second-order valence-corrected chi connectivity index (χ2v) is 5.14. The summed E-state index contributed by atoms with van der Waals surface area (Å²) in [7, 11) is 2.19. The molecule has 94 valence electrons. The Morgan fingerprint density at radius 1 is 1.00 bits per heavy atom. The smallest absolute Gasteiger partial charge is 0.0603 e. The van der Waals surface area contributed by atoms with Gasteiger partial charge in [-0.2, -0.15) is 0 Å². The van der Waals surface area contributed by atoms with Crippen molar-refractivity contribution in [3.63, 3.8) is 0 Å². The second-order valence-electron chi connectivity index (χ2n) is 5.14. The SMILES string of the molecule is Cc1cc(N)c(N2CCCN(C)CC2)cc1C. The van der Waals surface area contributed by atoms with Crippen LogP contribution >= 0.6 is 0 Å². The van der Waals surface area contributed by atoms with E-state index in [1.54, 1.807) is 0 Å². The maximum Gasteiger partial charge on any atom is 0.0603 e. The van der Waals surface area contributed by atoms with Crippen molar-refractivity contribution < 1.29 is 0 Å². The normalized spacial score (nSPS) is 18.2. The third kappa shape index (κ3) is 2.72. The highest BCUT2D eigenvalue weighted by atomic mass is 15.2. The van der Waals surface area contributed by atoms with E-state index >= 15 is 0 Å². The summed E-state index contributed by atoms with van der Waals surface area (Å²) < 4.78 is 0. The van der Waals surface area contributed by atoms with Gasteiger partial charge >= 0.3 is 0 Å². The molecule has 2 N–H and O–H groups in total. The number of benzene rings is 1. The van der Waals surface area contributed by atoms with Crippen molar-refractivity contribution in [1.29, 1.82) is 0 Å². The molecule has 0 saturated carbocycles. The molecule has 17 heavy (non-hydrogen) atoms. The lowest BCUT2D eigenvalue weighted by Gasteiger charge is -2.25. The molecular formula is C14H23N3. The van der Waals surface area contributed by atoms with Crippen LogP contribution in [0.1, 0.15) is 17.5 Å². The van der Waals surface area contributed by atoms with Crippen LogP contribution in [0.2, 0.25) is 0 Å². The topological polar surface area (TPSA) is 32.5 Å². The number of aryl methyl sites for hydroxylation is 2. The molecule has 3 nitrogen and oxygen atoms in total. The van der Waals surface area contributed by atoms with Crippen molar-refractivity contribution in [2.75, 3.05) is 43.9 Å². The van der Waals surface area contributed by atoms with E-state index < -0.39 is 0 Å². The summed E-state index contributed by atoms with van der Waals surface area (Å²) in [6.45, 7) is 8.75. The molecule has 1 aliphatic rings. The fraction of sp³-hybridized carbons (Fsp3) is 0.571. The number of nitrogen functional groups attached to an aromatic ring is 1. The summed E-state index contributed by atoms with van der Waals surface area (Å²) in [6, 6.07) is 4.33. The Morgan fingerprint density at radius 3 is 2.47 bits per heavy atom. The lowest BCUT2D eigenvalue weighted by atomic mass is 10.1. The zero-order chi connectivity index (χ0) is 12.4. The molecule has 1 aromatic rings. The van der Waals surface area contributed by atoms with E-state index in [0.29, 0.717) is 0 Å². The molecule has 0 aliphatic carbocycles. The third-order valence-electron chi connectivity index (χ3n) is 3.70. The summed E-state index contributed by atoms with van der Waals surface area (Å²) in [5, 5.41) is 0. The van der Waals surface area contributed by atoms with E-state index in [4.69, 9.17) is 5.73 Å². The Hall–Kier alpha value is -1.22. The van der Waals surface area contributed by atoms with Gasteiger partial charge in [0.15, 0.2) is 0 Å². The molecule has 1 aliphatic heterocycles. The van der Waals surface area contributed by atoms with E-state index in [9.17, 15) is 0 Å². The first-order valence-electron chi connectivity index (χ1n) is 6.38. The number of rotatable bonds is 1. The summed E-state index contributed by atoms with van der Waals surface area (Å²) >= 11 is 0. The van der Waals surface area contributed by atoms with Gasteiger partial charge in [0.1, 0.15) is 0 Å². The van der Waals surface area contributed by atoms with Crippen molar-refractivity contribution in [1.82, 2.24) is 4.90 Å². The van der Waals surface area contributed by atoms with Crippen molar-refractivity contribution in [3.05, 3.63) is 23.3 Å². The predicted molar refractivity (Wildman–Crippen MR) is 74.7 cm³/mol. The van der Waals surface area contributed by atoms with Gasteiger partial charge in [0.2, 0.25) is 0 Å². The predicted octanol–water partition coefficient (Wildman–Crippen LogP) is 2.03. The molecule has 0 unspecified atom stereocenters. The van der Waals surface area contributed by atoms with Crippen LogP contribution in [0.25, 0.3) is 0 Å². The largest absolute Gasteiger partial charge is 0.397 e. The minimum atomic E-state index is 0.914. The Labute approximate surface area is 104 Å². The number of nitrogens with zero attached hydrogens (tertiary/aromatic N) is 2. The molecule has 0 atom stereocenters. The van der Waals surface area contributed by atoms with E-state index in [-0.39, 0.29) is 0 Å². The average molecular weight is 233 g/mol. The first-order chi connectivity index (χ1) is 8.08. The third-order valence-corrected chi connectivity index (χ3v) is 3.70. The van der Waals surface area contributed by atoms with Gasteiger partial charge in [-0.05, 0) is 57.1 Å². The highest BCUT2D eigenvalue weighted by molar-refractivity contribution is 5.70. The molecular weight excluding hydrogens is 210 g/mol. The lowest BCUT2D eigenvalue weighted by Crippen LogP contribution is -2.29. The molecule has 1 aromatic carbocycles. The van der Waals surface area contributed by atoms with Gasteiger partial charge in [-0.15, -0.1) is 0 Å². The Balaban J connectivity index is 2.24. The number of nitrogens with two attached hydrogens (primary N) is 1. The number of likely N-dealkylation sites (N-methyl/N-ethyl adjacent to an activating group) is 1. The highest BCUT2D eigenvalue weighted by Crippen LogP contribution is 2.27. The fourth-order valence-corrected chi connectivity index (χ4v) is 2.38. The Bertz CT molecular complexity index is 401. The van der Waals surface area contributed by atoms with Gasteiger partial charge in [0.05, 0.1) is 11.4 Å². The van der Waals surface area contributed by atoms with Gasteiger partial charge in [-0.25, -0.2) is 0 Å². The molecule has 0 bridgehead atoms. The van der Waals surface area contributed by atoms with Crippen LogP contribution in [-0.4, -0.2) is 38.1 Å². The molecule has 2 rings (SSSR count). The maximum atomic E-state index is 6.15. The molecule has 1 heterocycles. The summed E-state index contributed by atoms with van der Waals surface area (Å²) in [5.74, 6) is 0. The quantitative estimate of drug-likeness (QED) is 0.753. The van der Waals surface area contributed by atoms with Crippen LogP contribution in [0.5, 0.6) is 0 Å². The zero-order valence-corrected chi connectivity index (χ0v) is 11.2. The van der Waals surface area contributed by atoms with Crippen molar-refractivity contribution in [2.24, 2.45) is 0 Å². The van der Waals surface area contributed by atoms with Crippen LogP contribution in [0.15, 0.2) is 12.1 Å². The van der Waals surface area contributed by atoms with Crippen LogP contribution in [0, 0.1) is 13.8 Å². The molecule has 0 amide bonds.